The highest BCUT2D eigenvalue weighted by Gasteiger charge is 2.14. The molecule has 0 atom stereocenters. The van der Waals surface area contributed by atoms with Gasteiger partial charge in [0, 0.05) is 12.2 Å². The van der Waals surface area contributed by atoms with Crippen molar-refractivity contribution in [3.8, 4) is 5.75 Å². The Morgan fingerprint density at radius 3 is 2.31 bits per heavy atom. The molecule has 0 aliphatic rings. The van der Waals surface area contributed by atoms with E-state index in [1.807, 2.05) is 85.1 Å². The Labute approximate surface area is 208 Å². The zero-order valence-electron chi connectivity index (χ0n) is 19.6. The third kappa shape index (κ3) is 7.00. The van der Waals surface area contributed by atoms with E-state index < -0.39 is 0 Å². The summed E-state index contributed by atoms with van der Waals surface area (Å²) in [6, 6.07) is 24.6. The smallest absolute Gasteiger partial charge is 0.234 e. The van der Waals surface area contributed by atoms with E-state index in [0.717, 1.165) is 17.3 Å². The van der Waals surface area contributed by atoms with Crippen molar-refractivity contribution in [3.05, 3.63) is 90.3 Å². The summed E-state index contributed by atoms with van der Waals surface area (Å²) in [6.07, 6.45) is 0. The van der Waals surface area contributed by atoms with Crippen LogP contribution in [0, 0.1) is 6.92 Å². The van der Waals surface area contributed by atoms with Crippen LogP contribution in [0.5, 0.6) is 5.75 Å². The van der Waals surface area contributed by atoms with E-state index in [9.17, 15) is 4.79 Å². The minimum atomic E-state index is -0.128. The number of carbonyl (C=O) groups is 1. The van der Waals surface area contributed by atoms with Gasteiger partial charge in [-0.3, -0.25) is 4.79 Å². The number of nitrogens with one attached hydrogen (secondary N) is 1. The van der Waals surface area contributed by atoms with Gasteiger partial charge in [0.1, 0.15) is 12.4 Å². The van der Waals surface area contributed by atoms with Gasteiger partial charge in [-0.1, -0.05) is 47.7 Å². The van der Waals surface area contributed by atoms with Crippen molar-refractivity contribution in [3.63, 3.8) is 0 Å². The molecule has 1 amide bonds. The molecule has 1 N–H and O–H groups in total. The van der Waals surface area contributed by atoms with Crippen LogP contribution >= 0.6 is 11.8 Å². The number of carbonyl (C=O) groups excluding carboxylic acids is 1. The van der Waals surface area contributed by atoms with Gasteiger partial charge in [-0.25, -0.2) is 0 Å². The fourth-order valence-corrected chi connectivity index (χ4v) is 4.00. The van der Waals surface area contributed by atoms with Crippen LogP contribution in [0.3, 0.4) is 0 Å². The van der Waals surface area contributed by atoms with E-state index in [1.54, 1.807) is 12.1 Å². The zero-order valence-corrected chi connectivity index (χ0v) is 20.4. The normalized spacial score (nSPS) is 11.0. The van der Waals surface area contributed by atoms with Crippen molar-refractivity contribution in [2.24, 2.45) is 10.2 Å². The molecule has 0 radical (unpaired) electrons. The number of anilines is 1. The first-order chi connectivity index (χ1) is 17.1. The summed E-state index contributed by atoms with van der Waals surface area (Å²) in [4.78, 5) is 12.5. The van der Waals surface area contributed by atoms with E-state index in [2.05, 4.69) is 25.7 Å². The molecule has 8 nitrogen and oxygen atoms in total. The van der Waals surface area contributed by atoms with Gasteiger partial charge in [0.15, 0.2) is 11.0 Å². The predicted molar refractivity (Wildman–Crippen MR) is 138 cm³/mol. The minimum absolute atomic E-state index is 0.128. The maximum atomic E-state index is 12.5. The summed E-state index contributed by atoms with van der Waals surface area (Å²) in [7, 11) is 0. The van der Waals surface area contributed by atoms with E-state index in [4.69, 9.17) is 4.74 Å². The predicted octanol–water partition coefficient (Wildman–Crippen LogP) is 6.33. The van der Waals surface area contributed by atoms with Crippen LogP contribution in [0.1, 0.15) is 18.3 Å². The lowest BCUT2D eigenvalue weighted by Gasteiger charge is -2.09. The van der Waals surface area contributed by atoms with Crippen LogP contribution in [0.25, 0.3) is 0 Å². The van der Waals surface area contributed by atoms with Crippen LogP contribution in [0.2, 0.25) is 0 Å². The molecule has 3 aromatic carbocycles. The topological polar surface area (TPSA) is 93.8 Å². The number of rotatable bonds is 10. The van der Waals surface area contributed by atoms with Gasteiger partial charge < -0.3 is 14.6 Å². The van der Waals surface area contributed by atoms with E-state index >= 15 is 0 Å². The summed E-state index contributed by atoms with van der Waals surface area (Å²) < 4.78 is 7.79. The molecule has 0 aliphatic carbocycles. The van der Waals surface area contributed by atoms with Gasteiger partial charge >= 0.3 is 0 Å². The molecule has 0 saturated carbocycles. The molecule has 0 bridgehead atoms. The van der Waals surface area contributed by atoms with Gasteiger partial charge in [0.25, 0.3) is 0 Å². The first-order valence-corrected chi connectivity index (χ1v) is 12.2. The molecule has 4 aromatic rings. The van der Waals surface area contributed by atoms with Crippen LogP contribution in [-0.2, 0) is 17.9 Å². The van der Waals surface area contributed by atoms with Crippen LogP contribution in [-0.4, -0.2) is 26.4 Å². The SMILES string of the molecule is CCn1c(COc2ccc(C)cc2)nnc1SCC(=O)Nc1ccc(N=Nc2ccccc2)cc1. The van der Waals surface area contributed by atoms with Gasteiger partial charge in [0.05, 0.1) is 17.1 Å². The van der Waals surface area contributed by atoms with Crippen molar-refractivity contribution < 1.29 is 9.53 Å². The molecule has 0 aliphatic heterocycles. The highest BCUT2D eigenvalue weighted by molar-refractivity contribution is 7.99. The quantitative estimate of drug-likeness (QED) is 0.209. The molecule has 0 unspecified atom stereocenters. The van der Waals surface area contributed by atoms with E-state index in [1.165, 1.54) is 17.3 Å². The Morgan fingerprint density at radius 1 is 0.943 bits per heavy atom. The average molecular weight is 487 g/mol. The minimum Gasteiger partial charge on any atom is -0.486 e. The number of ether oxygens (including phenoxy) is 1. The molecule has 9 heteroatoms. The fourth-order valence-electron chi connectivity index (χ4n) is 3.18. The number of azo groups is 1. The second kappa shape index (κ2) is 11.9. The van der Waals surface area contributed by atoms with Crippen molar-refractivity contribution in [1.29, 1.82) is 0 Å². The summed E-state index contributed by atoms with van der Waals surface area (Å²) in [5, 5.41) is 20.5. The van der Waals surface area contributed by atoms with Crippen molar-refractivity contribution in [1.82, 2.24) is 14.8 Å². The van der Waals surface area contributed by atoms with Crippen molar-refractivity contribution in [2.45, 2.75) is 32.2 Å². The van der Waals surface area contributed by atoms with Crippen molar-refractivity contribution in [2.75, 3.05) is 11.1 Å². The summed E-state index contributed by atoms with van der Waals surface area (Å²) in [5.41, 5.74) is 3.36. The lowest BCUT2D eigenvalue weighted by Crippen LogP contribution is -2.14. The molecule has 4 rings (SSSR count). The molecule has 0 fully saturated rings. The number of aryl methyl sites for hydroxylation is 1. The monoisotopic (exact) mass is 486 g/mol. The zero-order chi connectivity index (χ0) is 24.5. The Hall–Kier alpha value is -3.98. The second-order valence-corrected chi connectivity index (χ2v) is 8.61. The molecule has 35 heavy (non-hydrogen) atoms. The third-order valence-electron chi connectivity index (χ3n) is 5.02. The largest absolute Gasteiger partial charge is 0.486 e. The summed E-state index contributed by atoms with van der Waals surface area (Å²) in [5.74, 6) is 1.59. The van der Waals surface area contributed by atoms with Gasteiger partial charge in [-0.2, -0.15) is 10.2 Å². The Morgan fingerprint density at radius 2 is 1.63 bits per heavy atom. The maximum absolute atomic E-state index is 12.5. The standard InChI is InChI=1S/C26H26N6O2S/c1-3-32-24(17-34-23-15-9-19(2)10-16-23)30-31-26(32)35-18-25(33)27-20-11-13-22(14-12-20)29-28-21-7-5-4-6-8-21/h4-16H,3,17-18H2,1-2H3,(H,27,33). The average Bonchev–Trinajstić information content (AvgIpc) is 3.29. The third-order valence-corrected chi connectivity index (χ3v) is 5.99. The summed E-state index contributed by atoms with van der Waals surface area (Å²) in [6.45, 7) is 5.04. The number of aromatic nitrogens is 3. The lowest BCUT2D eigenvalue weighted by atomic mass is 10.2. The maximum Gasteiger partial charge on any atom is 0.234 e. The van der Waals surface area contributed by atoms with Gasteiger partial charge in [-0.05, 0) is 62.4 Å². The molecular weight excluding hydrogens is 460 g/mol. The number of benzene rings is 3. The molecule has 0 spiro atoms. The van der Waals surface area contributed by atoms with Crippen LogP contribution < -0.4 is 10.1 Å². The second-order valence-electron chi connectivity index (χ2n) is 7.66. The molecule has 178 valence electrons. The number of nitrogens with zero attached hydrogens (tertiary/aromatic N) is 5. The molecular formula is C26H26N6O2S. The first kappa shape index (κ1) is 24.2. The number of hydrogen-bond donors (Lipinski definition) is 1. The molecule has 0 saturated heterocycles. The van der Waals surface area contributed by atoms with E-state index in [0.29, 0.717) is 29.7 Å². The number of thioether (sulfide) groups is 1. The number of hydrogen-bond acceptors (Lipinski definition) is 7. The Bertz CT molecular complexity index is 1270. The van der Waals surface area contributed by atoms with Crippen LogP contribution in [0.4, 0.5) is 17.1 Å². The fraction of sp³-hybridized carbons (Fsp3) is 0.192. The highest BCUT2D eigenvalue weighted by Crippen LogP contribution is 2.22. The summed E-state index contributed by atoms with van der Waals surface area (Å²) >= 11 is 1.34. The molecule has 1 aromatic heterocycles. The van der Waals surface area contributed by atoms with Gasteiger partial charge in [-0.15, -0.1) is 10.2 Å². The highest BCUT2D eigenvalue weighted by atomic mass is 32.2. The number of amides is 1. The Kier molecular flexibility index (Phi) is 8.24. The Balaban J connectivity index is 1.28. The first-order valence-electron chi connectivity index (χ1n) is 11.2. The van der Waals surface area contributed by atoms with Gasteiger partial charge in [0.2, 0.25) is 5.91 Å². The lowest BCUT2D eigenvalue weighted by molar-refractivity contribution is -0.113. The van der Waals surface area contributed by atoms with E-state index in [-0.39, 0.29) is 11.7 Å². The molecule has 1 heterocycles. The van der Waals surface area contributed by atoms with Crippen LogP contribution in [0.15, 0.2) is 94.2 Å². The van der Waals surface area contributed by atoms with Crippen molar-refractivity contribution >= 4 is 34.7 Å².